The van der Waals surface area contributed by atoms with Crippen LogP contribution in [0.2, 0.25) is 10.0 Å². The van der Waals surface area contributed by atoms with Gasteiger partial charge >= 0.3 is 0 Å². The average molecular weight is 286 g/mol. The van der Waals surface area contributed by atoms with E-state index in [-0.39, 0.29) is 6.04 Å². The lowest BCUT2D eigenvalue weighted by molar-refractivity contribution is 0.302. The lowest BCUT2D eigenvalue weighted by Gasteiger charge is -2.27. The Labute approximate surface area is 120 Å². The molecule has 1 fully saturated rings. The maximum atomic E-state index is 6.22. The number of benzene rings is 1. The number of nitrogens with one attached hydrogen (secondary N) is 1. The molecule has 1 aromatic rings. The van der Waals surface area contributed by atoms with Crippen LogP contribution in [0.3, 0.4) is 0 Å². The zero-order chi connectivity index (χ0) is 13.2. The van der Waals surface area contributed by atoms with Crippen LogP contribution in [0.1, 0.15) is 51.1 Å². The van der Waals surface area contributed by atoms with E-state index in [1.807, 2.05) is 18.2 Å². The molecule has 0 spiro atoms. The van der Waals surface area contributed by atoms with Gasteiger partial charge in [-0.3, -0.25) is 0 Å². The van der Waals surface area contributed by atoms with Crippen molar-refractivity contribution in [3.05, 3.63) is 33.8 Å². The predicted molar refractivity (Wildman–Crippen MR) is 79.5 cm³/mol. The van der Waals surface area contributed by atoms with Crippen LogP contribution in [0.5, 0.6) is 0 Å². The highest BCUT2D eigenvalue weighted by Crippen LogP contribution is 2.37. The fourth-order valence-corrected chi connectivity index (χ4v) is 3.22. The highest BCUT2D eigenvalue weighted by Gasteiger charge is 2.28. The van der Waals surface area contributed by atoms with E-state index in [0.717, 1.165) is 22.2 Å². The van der Waals surface area contributed by atoms with Gasteiger partial charge in [0.2, 0.25) is 0 Å². The summed E-state index contributed by atoms with van der Waals surface area (Å²) in [5.74, 6) is 0. The molecule has 100 valence electrons. The Morgan fingerprint density at radius 1 is 1.28 bits per heavy atom. The summed E-state index contributed by atoms with van der Waals surface area (Å²) in [4.78, 5) is 0. The van der Waals surface area contributed by atoms with Crippen molar-refractivity contribution < 1.29 is 0 Å². The van der Waals surface area contributed by atoms with Crippen molar-refractivity contribution in [1.29, 1.82) is 0 Å². The normalized spacial score (nSPS) is 20.0. The van der Waals surface area contributed by atoms with Crippen LogP contribution in [0.25, 0.3) is 0 Å². The fraction of sp³-hybridized carbons (Fsp3) is 0.600. The number of halogens is 2. The molecule has 3 heteroatoms. The molecular formula is C15H21Cl2N. The molecule has 0 aliphatic heterocycles. The number of hydrogen-bond acceptors (Lipinski definition) is 1. The van der Waals surface area contributed by atoms with Gasteiger partial charge < -0.3 is 5.32 Å². The molecule has 2 rings (SSSR count). The molecule has 1 aromatic carbocycles. The molecular weight excluding hydrogens is 265 g/mol. The third-order valence-corrected chi connectivity index (χ3v) is 4.65. The third kappa shape index (κ3) is 3.40. The first kappa shape index (κ1) is 14.2. The summed E-state index contributed by atoms with van der Waals surface area (Å²) in [5.41, 5.74) is 1.55. The zero-order valence-corrected chi connectivity index (χ0v) is 12.6. The zero-order valence-electron chi connectivity index (χ0n) is 11.1. The van der Waals surface area contributed by atoms with E-state index in [2.05, 4.69) is 19.2 Å². The second-order valence-electron chi connectivity index (χ2n) is 5.79. The van der Waals surface area contributed by atoms with E-state index in [4.69, 9.17) is 23.2 Å². The molecule has 18 heavy (non-hydrogen) atoms. The van der Waals surface area contributed by atoms with E-state index >= 15 is 0 Å². The first-order valence-electron chi connectivity index (χ1n) is 6.68. The minimum absolute atomic E-state index is 0.244. The Morgan fingerprint density at radius 2 is 1.94 bits per heavy atom. The van der Waals surface area contributed by atoms with Crippen molar-refractivity contribution in [3.8, 4) is 0 Å². The van der Waals surface area contributed by atoms with E-state index in [9.17, 15) is 0 Å². The molecule has 1 aliphatic rings. The topological polar surface area (TPSA) is 12.0 Å². The minimum atomic E-state index is 0.244. The summed E-state index contributed by atoms with van der Waals surface area (Å²) in [6, 6.07) is 5.90. The molecule has 0 radical (unpaired) electrons. The van der Waals surface area contributed by atoms with Gasteiger partial charge in [0, 0.05) is 22.6 Å². The predicted octanol–water partition coefficient (Wildman–Crippen LogP) is 5.22. The SMILES string of the molecule is CC(NCC1(C)CCCC1)c1cc(Cl)ccc1Cl. The molecule has 0 saturated heterocycles. The van der Waals surface area contributed by atoms with Gasteiger partial charge in [0.25, 0.3) is 0 Å². The van der Waals surface area contributed by atoms with Crippen molar-refractivity contribution in [2.24, 2.45) is 5.41 Å². The van der Waals surface area contributed by atoms with Crippen molar-refractivity contribution in [2.45, 2.75) is 45.6 Å². The van der Waals surface area contributed by atoms with E-state index in [1.54, 1.807) is 0 Å². The van der Waals surface area contributed by atoms with Gasteiger partial charge in [-0.15, -0.1) is 0 Å². The summed E-state index contributed by atoms with van der Waals surface area (Å²) in [6.45, 7) is 5.58. The summed E-state index contributed by atoms with van der Waals surface area (Å²) < 4.78 is 0. The van der Waals surface area contributed by atoms with E-state index in [1.165, 1.54) is 25.7 Å². The van der Waals surface area contributed by atoms with Crippen molar-refractivity contribution in [1.82, 2.24) is 5.32 Å². The average Bonchev–Trinajstić information content (AvgIpc) is 2.77. The maximum Gasteiger partial charge on any atom is 0.0454 e. The lowest BCUT2D eigenvalue weighted by atomic mass is 9.88. The minimum Gasteiger partial charge on any atom is -0.310 e. The maximum absolute atomic E-state index is 6.22. The smallest absolute Gasteiger partial charge is 0.0454 e. The van der Waals surface area contributed by atoms with Crippen molar-refractivity contribution in [2.75, 3.05) is 6.54 Å². The highest BCUT2D eigenvalue weighted by molar-refractivity contribution is 6.33. The van der Waals surface area contributed by atoms with Gasteiger partial charge in [-0.1, -0.05) is 43.0 Å². The molecule has 1 N–H and O–H groups in total. The molecule has 1 saturated carbocycles. The van der Waals surface area contributed by atoms with Crippen LogP contribution >= 0.6 is 23.2 Å². The van der Waals surface area contributed by atoms with Crippen LogP contribution in [-0.2, 0) is 0 Å². The van der Waals surface area contributed by atoms with E-state index < -0.39 is 0 Å². The van der Waals surface area contributed by atoms with Crippen LogP contribution in [0.15, 0.2) is 18.2 Å². The van der Waals surface area contributed by atoms with Gasteiger partial charge in [-0.05, 0) is 48.9 Å². The molecule has 1 nitrogen and oxygen atoms in total. The molecule has 0 aromatic heterocycles. The molecule has 0 amide bonds. The second kappa shape index (κ2) is 5.81. The Hall–Kier alpha value is -0.240. The van der Waals surface area contributed by atoms with Crippen molar-refractivity contribution in [3.63, 3.8) is 0 Å². The first-order chi connectivity index (χ1) is 8.50. The largest absolute Gasteiger partial charge is 0.310 e. The van der Waals surface area contributed by atoms with Crippen LogP contribution in [-0.4, -0.2) is 6.54 Å². The van der Waals surface area contributed by atoms with E-state index in [0.29, 0.717) is 5.41 Å². The highest BCUT2D eigenvalue weighted by atomic mass is 35.5. The quantitative estimate of drug-likeness (QED) is 0.799. The monoisotopic (exact) mass is 285 g/mol. The molecule has 0 bridgehead atoms. The standard InChI is InChI=1S/C15H21Cl2N/c1-11(13-9-12(16)5-6-14(13)17)18-10-15(2)7-3-4-8-15/h5-6,9,11,18H,3-4,7-8,10H2,1-2H3. The van der Waals surface area contributed by atoms with Gasteiger partial charge in [0.1, 0.15) is 0 Å². The van der Waals surface area contributed by atoms with Gasteiger partial charge in [0.05, 0.1) is 0 Å². The molecule has 1 aliphatic carbocycles. The van der Waals surface area contributed by atoms with Gasteiger partial charge in [-0.2, -0.15) is 0 Å². The second-order valence-corrected chi connectivity index (χ2v) is 6.63. The summed E-state index contributed by atoms with van der Waals surface area (Å²) in [5, 5.41) is 5.14. The summed E-state index contributed by atoms with van der Waals surface area (Å²) >= 11 is 12.3. The Balaban J connectivity index is 1.99. The number of rotatable bonds is 4. The third-order valence-electron chi connectivity index (χ3n) is 4.07. The van der Waals surface area contributed by atoms with Crippen LogP contribution in [0, 0.1) is 5.41 Å². The van der Waals surface area contributed by atoms with Crippen LogP contribution < -0.4 is 5.32 Å². The Morgan fingerprint density at radius 3 is 2.61 bits per heavy atom. The Bertz CT molecular complexity index is 411. The lowest BCUT2D eigenvalue weighted by Crippen LogP contribution is -2.31. The van der Waals surface area contributed by atoms with Crippen LogP contribution in [0.4, 0.5) is 0 Å². The number of hydrogen-bond donors (Lipinski definition) is 1. The Kier molecular flexibility index (Phi) is 4.58. The summed E-state index contributed by atoms with van der Waals surface area (Å²) in [6.07, 6.45) is 5.39. The van der Waals surface area contributed by atoms with Gasteiger partial charge in [-0.25, -0.2) is 0 Å². The first-order valence-corrected chi connectivity index (χ1v) is 7.44. The molecule has 1 atom stereocenters. The fourth-order valence-electron chi connectivity index (χ4n) is 2.76. The molecule has 0 heterocycles. The molecule has 1 unspecified atom stereocenters. The van der Waals surface area contributed by atoms with Gasteiger partial charge in [0.15, 0.2) is 0 Å². The summed E-state index contributed by atoms with van der Waals surface area (Å²) in [7, 11) is 0. The van der Waals surface area contributed by atoms with Crippen molar-refractivity contribution >= 4 is 23.2 Å².